The molecule has 10 heavy (non-hydrogen) atoms. The van der Waals surface area contributed by atoms with Crippen LogP contribution < -0.4 is 10.3 Å². The Kier molecular flexibility index (Phi) is 2.21. The Morgan fingerprint density at radius 2 is 2.60 bits per heavy atom. The quantitative estimate of drug-likeness (QED) is 0.358. The molecule has 3 N–H and O–H groups in total. The van der Waals surface area contributed by atoms with Crippen LogP contribution in [0.25, 0.3) is 0 Å². The molecule has 0 fully saturated rings. The molecule has 1 aliphatic rings. The predicted molar refractivity (Wildman–Crippen MR) is 42.5 cm³/mol. The van der Waals surface area contributed by atoms with Gasteiger partial charge in [0, 0.05) is 5.70 Å². The summed E-state index contributed by atoms with van der Waals surface area (Å²) < 4.78 is 0. The summed E-state index contributed by atoms with van der Waals surface area (Å²) in [5.74, 6) is 0.244. The fraction of sp³-hybridized carbons (Fsp3) is 0.500. The first kappa shape index (κ1) is 7.47. The fourth-order valence-electron chi connectivity index (χ4n) is 0.705. The molecule has 1 atom stereocenters. The van der Waals surface area contributed by atoms with E-state index in [0.29, 0.717) is 0 Å². The van der Waals surface area contributed by atoms with E-state index < -0.39 is 0 Å². The highest BCUT2D eigenvalue weighted by atomic mass is 32.2. The number of hydrogen-bond donors (Lipinski definition) is 3. The first-order valence-corrected chi connectivity index (χ1v) is 4.00. The highest BCUT2D eigenvalue weighted by molar-refractivity contribution is 8.02. The van der Waals surface area contributed by atoms with Gasteiger partial charge in [-0.2, -0.15) is 4.99 Å². The molecule has 0 bridgehead atoms. The molecule has 1 heterocycles. The standard InChI is InChI=1S/C6H10N2OS/c1-4-3-10-6(7-4)8-5(2)9/h3,6-7H,1-2H3,(H,8,9)/p+1. The van der Waals surface area contributed by atoms with Crippen LogP contribution >= 0.6 is 11.8 Å². The SMILES string of the molecule is CC1=CSC([NH+]=C(C)O)N1. The van der Waals surface area contributed by atoms with Crippen LogP contribution in [0.1, 0.15) is 13.8 Å². The third-order valence-electron chi connectivity index (χ3n) is 1.08. The molecule has 0 aromatic carbocycles. The molecule has 0 amide bonds. The third kappa shape index (κ3) is 1.95. The summed E-state index contributed by atoms with van der Waals surface area (Å²) in [7, 11) is 0. The Bertz CT molecular complexity index is 184. The van der Waals surface area contributed by atoms with Crippen LogP contribution in [0.3, 0.4) is 0 Å². The highest BCUT2D eigenvalue weighted by Gasteiger charge is 2.17. The third-order valence-corrected chi connectivity index (χ3v) is 2.08. The lowest BCUT2D eigenvalue weighted by atomic mass is 10.6. The van der Waals surface area contributed by atoms with Gasteiger partial charge in [-0.25, -0.2) is 0 Å². The Balaban J connectivity index is 2.44. The van der Waals surface area contributed by atoms with E-state index in [-0.39, 0.29) is 11.4 Å². The van der Waals surface area contributed by atoms with Crippen LogP contribution in [0.15, 0.2) is 11.1 Å². The molecule has 0 saturated carbocycles. The van der Waals surface area contributed by atoms with Crippen LogP contribution in [0.4, 0.5) is 0 Å². The van der Waals surface area contributed by atoms with E-state index in [0.717, 1.165) is 5.70 Å². The van der Waals surface area contributed by atoms with Crippen LogP contribution in [-0.2, 0) is 0 Å². The molecular formula is C6H11N2OS+. The minimum absolute atomic E-state index is 0.102. The lowest BCUT2D eigenvalue weighted by Crippen LogP contribution is -2.81. The van der Waals surface area contributed by atoms with E-state index in [1.807, 2.05) is 12.3 Å². The second kappa shape index (κ2) is 2.96. The summed E-state index contributed by atoms with van der Waals surface area (Å²) >= 11 is 1.61. The predicted octanol–water partition coefficient (Wildman–Crippen LogP) is -0.475. The van der Waals surface area contributed by atoms with Gasteiger partial charge >= 0.3 is 5.90 Å². The summed E-state index contributed by atoms with van der Waals surface area (Å²) in [6, 6.07) is 0. The number of nitrogens with one attached hydrogen (secondary N) is 2. The molecule has 1 aliphatic heterocycles. The number of aliphatic hydroxyl groups excluding tert-OH is 1. The van der Waals surface area contributed by atoms with Crippen molar-refractivity contribution in [3.63, 3.8) is 0 Å². The molecule has 1 unspecified atom stereocenters. The van der Waals surface area contributed by atoms with Crippen molar-refractivity contribution < 1.29 is 10.1 Å². The number of thioether (sulfide) groups is 1. The summed E-state index contributed by atoms with van der Waals surface area (Å²) in [5, 5.41) is 14.0. The second-order valence-electron chi connectivity index (χ2n) is 2.19. The fourth-order valence-corrected chi connectivity index (χ4v) is 1.61. The lowest BCUT2D eigenvalue weighted by Gasteiger charge is -1.98. The molecule has 0 radical (unpaired) electrons. The maximum absolute atomic E-state index is 8.83. The van der Waals surface area contributed by atoms with Crippen molar-refractivity contribution >= 4 is 17.7 Å². The molecule has 0 saturated heterocycles. The molecule has 0 aromatic heterocycles. The molecule has 3 nitrogen and oxygen atoms in total. The van der Waals surface area contributed by atoms with Gasteiger partial charge in [0.1, 0.15) is 0 Å². The summed E-state index contributed by atoms with van der Waals surface area (Å²) in [4.78, 5) is 2.84. The Morgan fingerprint density at radius 3 is 3.00 bits per heavy atom. The molecular weight excluding hydrogens is 148 g/mol. The van der Waals surface area contributed by atoms with E-state index in [9.17, 15) is 0 Å². The van der Waals surface area contributed by atoms with Crippen molar-refractivity contribution in [1.82, 2.24) is 5.32 Å². The maximum atomic E-state index is 8.83. The Hall–Kier alpha value is -0.640. The zero-order valence-corrected chi connectivity index (χ0v) is 6.83. The minimum Gasteiger partial charge on any atom is -0.464 e. The number of rotatable bonds is 1. The average Bonchev–Trinajstić information content (AvgIpc) is 2.13. The molecule has 4 heteroatoms. The highest BCUT2D eigenvalue weighted by Crippen LogP contribution is 2.14. The monoisotopic (exact) mass is 159 g/mol. The van der Waals surface area contributed by atoms with Crippen LogP contribution in [-0.4, -0.2) is 16.5 Å². The average molecular weight is 159 g/mol. The molecule has 0 aromatic rings. The zero-order chi connectivity index (χ0) is 7.56. The van der Waals surface area contributed by atoms with Gasteiger partial charge in [-0.15, -0.1) is 0 Å². The Morgan fingerprint density at radius 1 is 1.90 bits per heavy atom. The van der Waals surface area contributed by atoms with Gasteiger partial charge in [-0.1, -0.05) is 0 Å². The van der Waals surface area contributed by atoms with Crippen molar-refractivity contribution in [3.05, 3.63) is 11.1 Å². The van der Waals surface area contributed by atoms with Crippen LogP contribution in [0, 0.1) is 0 Å². The zero-order valence-electron chi connectivity index (χ0n) is 6.01. The van der Waals surface area contributed by atoms with Crippen LogP contribution in [0.5, 0.6) is 0 Å². The van der Waals surface area contributed by atoms with Crippen molar-refractivity contribution in [2.75, 3.05) is 0 Å². The van der Waals surface area contributed by atoms with Gasteiger partial charge in [0.05, 0.1) is 6.92 Å². The number of aliphatic hydroxyl groups is 1. The normalized spacial score (nSPS) is 26.0. The lowest BCUT2D eigenvalue weighted by molar-refractivity contribution is -0.487. The molecule has 1 rings (SSSR count). The maximum Gasteiger partial charge on any atom is 0.331 e. The van der Waals surface area contributed by atoms with Gasteiger partial charge < -0.3 is 10.4 Å². The minimum atomic E-state index is 0.102. The van der Waals surface area contributed by atoms with Crippen molar-refractivity contribution in [1.29, 1.82) is 0 Å². The van der Waals surface area contributed by atoms with Crippen LogP contribution in [0.2, 0.25) is 0 Å². The van der Waals surface area contributed by atoms with E-state index in [1.54, 1.807) is 18.7 Å². The number of hydrogen-bond acceptors (Lipinski definition) is 2. The molecule has 56 valence electrons. The van der Waals surface area contributed by atoms with Crippen molar-refractivity contribution in [3.8, 4) is 0 Å². The first-order valence-electron chi connectivity index (χ1n) is 3.06. The second-order valence-corrected chi connectivity index (χ2v) is 3.17. The molecule has 0 aliphatic carbocycles. The van der Waals surface area contributed by atoms with Gasteiger partial charge in [0.15, 0.2) is 0 Å². The topological polar surface area (TPSA) is 46.2 Å². The summed E-state index contributed by atoms with van der Waals surface area (Å²) in [6.07, 6.45) is 0. The van der Waals surface area contributed by atoms with Gasteiger partial charge in [0.25, 0.3) is 5.50 Å². The van der Waals surface area contributed by atoms with Crippen molar-refractivity contribution in [2.45, 2.75) is 19.3 Å². The van der Waals surface area contributed by atoms with E-state index in [4.69, 9.17) is 5.11 Å². The summed E-state index contributed by atoms with van der Waals surface area (Å²) in [5.41, 5.74) is 1.23. The van der Waals surface area contributed by atoms with Gasteiger partial charge in [-0.05, 0) is 24.1 Å². The number of allylic oxidation sites excluding steroid dienone is 1. The van der Waals surface area contributed by atoms with Crippen molar-refractivity contribution in [2.24, 2.45) is 0 Å². The van der Waals surface area contributed by atoms with E-state index in [2.05, 4.69) is 10.3 Å². The Labute approximate surface area is 64.2 Å². The largest absolute Gasteiger partial charge is 0.464 e. The molecule has 0 spiro atoms. The summed E-state index contributed by atoms with van der Waals surface area (Å²) in [6.45, 7) is 3.61. The smallest absolute Gasteiger partial charge is 0.331 e. The van der Waals surface area contributed by atoms with E-state index in [1.165, 1.54) is 0 Å². The van der Waals surface area contributed by atoms with E-state index >= 15 is 0 Å². The van der Waals surface area contributed by atoms with Gasteiger partial charge in [0.2, 0.25) is 0 Å². The first-order chi connectivity index (χ1) is 4.68. The van der Waals surface area contributed by atoms with Gasteiger partial charge in [-0.3, -0.25) is 0 Å².